The highest BCUT2D eigenvalue weighted by Gasteiger charge is 2.20. The summed E-state index contributed by atoms with van der Waals surface area (Å²) in [5.74, 6) is -2.87. The Balaban J connectivity index is 1.55. The summed E-state index contributed by atoms with van der Waals surface area (Å²) in [5.41, 5.74) is 0.726. The Hall–Kier alpha value is -4.49. The van der Waals surface area contributed by atoms with Crippen LogP contribution in [0.5, 0.6) is 5.75 Å². The van der Waals surface area contributed by atoms with Crippen LogP contribution in [-0.2, 0) is 21.2 Å². The standard InChI is InChI=1S/C25H23ClN4O8S/c1-38-17-5-8-20(26)19(12-17)24(34)27-11-10-15-2-6-18(7-3-15)39(36,37)30-23(33)16-4-9-21(28-13-16)25(35)29-14-22(31)32/h2-9,12-13H,10-11,14H2,1H3,(H,27,34)(H,29,35)(H,30,33)(H,31,32). The predicted octanol–water partition coefficient (Wildman–Crippen LogP) is 1.65. The molecule has 0 saturated heterocycles. The van der Waals surface area contributed by atoms with Crippen LogP contribution in [0, 0.1) is 0 Å². The van der Waals surface area contributed by atoms with Crippen molar-refractivity contribution in [3.05, 3.63) is 88.2 Å². The van der Waals surface area contributed by atoms with Gasteiger partial charge in [0.25, 0.3) is 27.7 Å². The van der Waals surface area contributed by atoms with Crippen molar-refractivity contribution in [3.63, 3.8) is 0 Å². The fourth-order valence-electron chi connectivity index (χ4n) is 3.21. The van der Waals surface area contributed by atoms with E-state index in [9.17, 15) is 27.6 Å². The van der Waals surface area contributed by atoms with Crippen LogP contribution in [0.3, 0.4) is 0 Å². The number of benzene rings is 2. The first-order chi connectivity index (χ1) is 18.5. The lowest BCUT2D eigenvalue weighted by Gasteiger charge is -2.10. The van der Waals surface area contributed by atoms with E-state index in [1.54, 1.807) is 24.3 Å². The molecule has 39 heavy (non-hydrogen) atoms. The zero-order valence-electron chi connectivity index (χ0n) is 20.4. The summed E-state index contributed by atoms with van der Waals surface area (Å²) < 4.78 is 32.3. The van der Waals surface area contributed by atoms with Crippen molar-refractivity contribution >= 4 is 45.3 Å². The molecule has 0 radical (unpaired) electrons. The van der Waals surface area contributed by atoms with E-state index in [2.05, 4.69) is 15.6 Å². The summed E-state index contributed by atoms with van der Waals surface area (Å²) in [7, 11) is -2.74. The van der Waals surface area contributed by atoms with Crippen molar-refractivity contribution in [2.75, 3.05) is 20.2 Å². The normalized spacial score (nSPS) is 10.8. The number of carbonyl (C=O) groups excluding carboxylic acids is 3. The van der Waals surface area contributed by atoms with Crippen LogP contribution < -0.4 is 20.1 Å². The molecule has 0 spiro atoms. The van der Waals surface area contributed by atoms with Crippen molar-refractivity contribution in [1.29, 1.82) is 0 Å². The van der Waals surface area contributed by atoms with Crippen molar-refractivity contribution in [1.82, 2.24) is 20.3 Å². The Bertz CT molecular complexity index is 1490. The first kappa shape index (κ1) is 29.1. The molecular formula is C25H23ClN4O8S. The van der Waals surface area contributed by atoms with E-state index in [0.717, 1.165) is 17.8 Å². The van der Waals surface area contributed by atoms with E-state index in [0.29, 0.717) is 12.2 Å². The van der Waals surface area contributed by atoms with E-state index >= 15 is 0 Å². The van der Waals surface area contributed by atoms with Crippen LogP contribution in [-0.4, -0.2) is 62.4 Å². The molecule has 1 heterocycles. The maximum atomic E-state index is 12.6. The second kappa shape index (κ2) is 12.8. The third-order valence-electron chi connectivity index (χ3n) is 5.24. The number of nitrogens with one attached hydrogen (secondary N) is 3. The lowest BCUT2D eigenvalue weighted by Crippen LogP contribution is -2.31. The Labute approximate surface area is 228 Å². The van der Waals surface area contributed by atoms with Crippen LogP contribution in [0.2, 0.25) is 5.02 Å². The number of halogens is 1. The second-order valence-corrected chi connectivity index (χ2v) is 10.0. The number of hydrogen-bond donors (Lipinski definition) is 4. The molecule has 3 aromatic rings. The smallest absolute Gasteiger partial charge is 0.322 e. The Morgan fingerprint density at radius 3 is 2.28 bits per heavy atom. The van der Waals surface area contributed by atoms with Crippen LogP contribution >= 0.6 is 11.6 Å². The number of carboxylic acid groups (broad SMARTS) is 1. The molecule has 0 saturated carbocycles. The van der Waals surface area contributed by atoms with Gasteiger partial charge >= 0.3 is 5.97 Å². The van der Waals surface area contributed by atoms with Gasteiger partial charge in [-0.3, -0.25) is 24.2 Å². The van der Waals surface area contributed by atoms with Crippen molar-refractivity contribution < 1.29 is 37.4 Å². The number of aromatic nitrogens is 1. The van der Waals surface area contributed by atoms with Gasteiger partial charge in [0.2, 0.25) is 0 Å². The van der Waals surface area contributed by atoms with Gasteiger partial charge in [0.1, 0.15) is 18.0 Å². The zero-order chi connectivity index (χ0) is 28.6. The number of hydrogen-bond acceptors (Lipinski definition) is 8. The van der Waals surface area contributed by atoms with Crippen LogP contribution in [0.1, 0.15) is 36.8 Å². The molecule has 4 N–H and O–H groups in total. The third kappa shape index (κ3) is 7.99. The molecule has 12 nitrogen and oxygen atoms in total. The minimum Gasteiger partial charge on any atom is -0.497 e. The molecule has 3 rings (SSSR count). The summed E-state index contributed by atoms with van der Waals surface area (Å²) in [5, 5.41) is 13.7. The van der Waals surface area contributed by atoms with Gasteiger partial charge in [-0.25, -0.2) is 13.1 Å². The highest BCUT2D eigenvalue weighted by molar-refractivity contribution is 7.90. The molecular weight excluding hydrogens is 552 g/mol. The maximum Gasteiger partial charge on any atom is 0.322 e. The van der Waals surface area contributed by atoms with Gasteiger partial charge in [-0.05, 0) is 54.4 Å². The summed E-state index contributed by atoms with van der Waals surface area (Å²) >= 11 is 6.08. The summed E-state index contributed by atoms with van der Waals surface area (Å²) in [6.45, 7) is -0.348. The molecule has 0 unspecified atom stereocenters. The summed E-state index contributed by atoms with van der Waals surface area (Å²) in [6, 6.07) is 12.8. The summed E-state index contributed by atoms with van der Waals surface area (Å²) in [4.78, 5) is 50.8. The van der Waals surface area contributed by atoms with Gasteiger partial charge in [-0.15, -0.1) is 0 Å². The quantitative estimate of drug-likeness (QED) is 0.265. The van der Waals surface area contributed by atoms with E-state index in [4.69, 9.17) is 21.4 Å². The molecule has 0 fully saturated rings. The third-order valence-corrected chi connectivity index (χ3v) is 6.91. The Kier molecular flexibility index (Phi) is 9.57. The molecule has 0 bridgehead atoms. The summed E-state index contributed by atoms with van der Waals surface area (Å²) in [6.07, 6.45) is 1.40. The molecule has 0 atom stereocenters. The maximum absolute atomic E-state index is 12.6. The molecule has 0 aliphatic carbocycles. The molecule has 0 aliphatic rings. The predicted molar refractivity (Wildman–Crippen MR) is 139 cm³/mol. The number of carbonyl (C=O) groups is 4. The molecule has 204 valence electrons. The fraction of sp³-hybridized carbons (Fsp3) is 0.160. The van der Waals surface area contributed by atoms with Crippen LogP contribution in [0.15, 0.2) is 65.7 Å². The van der Waals surface area contributed by atoms with E-state index in [-0.39, 0.29) is 39.2 Å². The van der Waals surface area contributed by atoms with Gasteiger partial charge in [0.15, 0.2) is 0 Å². The average Bonchev–Trinajstić information content (AvgIpc) is 2.92. The number of aliphatic carboxylic acids is 1. The molecule has 3 amide bonds. The fourth-order valence-corrected chi connectivity index (χ4v) is 4.38. The first-order valence-corrected chi connectivity index (χ1v) is 13.1. The zero-order valence-corrected chi connectivity index (χ0v) is 22.0. The number of carboxylic acids is 1. The molecule has 14 heteroatoms. The largest absolute Gasteiger partial charge is 0.497 e. The minimum atomic E-state index is -4.22. The van der Waals surface area contributed by atoms with Crippen molar-refractivity contribution in [3.8, 4) is 5.75 Å². The highest BCUT2D eigenvalue weighted by Crippen LogP contribution is 2.22. The monoisotopic (exact) mass is 574 g/mol. The van der Waals surface area contributed by atoms with Gasteiger partial charge < -0.3 is 20.5 Å². The molecule has 1 aromatic heterocycles. The van der Waals surface area contributed by atoms with E-state index in [1.165, 1.54) is 31.4 Å². The van der Waals surface area contributed by atoms with Gasteiger partial charge in [-0.1, -0.05) is 23.7 Å². The average molecular weight is 575 g/mol. The number of methoxy groups -OCH3 is 1. The van der Waals surface area contributed by atoms with Gasteiger partial charge in [0.05, 0.1) is 28.2 Å². The lowest BCUT2D eigenvalue weighted by molar-refractivity contribution is -0.135. The Morgan fingerprint density at radius 1 is 0.949 bits per heavy atom. The SMILES string of the molecule is COc1ccc(Cl)c(C(=O)NCCc2ccc(S(=O)(=O)NC(=O)c3ccc(C(=O)NCC(=O)O)nc3)cc2)c1. The lowest BCUT2D eigenvalue weighted by atomic mass is 10.1. The number of ether oxygens (including phenoxy) is 1. The van der Waals surface area contributed by atoms with Crippen LogP contribution in [0.4, 0.5) is 0 Å². The van der Waals surface area contributed by atoms with Crippen molar-refractivity contribution in [2.24, 2.45) is 0 Å². The number of amides is 3. The number of sulfonamides is 1. The van der Waals surface area contributed by atoms with Crippen LogP contribution in [0.25, 0.3) is 0 Å². The number of pyridine rings is 1. The van der Waals surface area contributed by atoms with Gasteiger partial charge in [-0.2, -0.15) is 0 Å². The van der Waals surface area contributed by atoms with E-state index < -0.39 is 34.4 Å². The molecule has 0 aliphatic heterocycles. The van der Waals surface area contributed by atoms with E-state index in [1.807, 2.05) is 4.72 Å². The first-order valence-electron chi connectivity index (χ1n) is 11.2. The van der Waals surface area contributed by atoms with Gasteiger partial charge in [0, 0.05) is 12.7 Å². The highest BCUT2D eigenvalue weighted by atomic mass is 35.5. The number of nitrogens with zero attached hydrogens (tertiary/aromatic N) is 1. The molecule has 2 aromatic carbocycles. The Morgan fingerprint density at radius 2 is 1.67 bits per heavy atom. The number of rotatable bonds is 11. The topological polar surface area (TPSA) is 181 Å². The minimum absolute atomic E-state index is 0.128. The van der Waals surface area contributed by atoms with Crippen molar-refractivity contribution in [2.45, 2.75) is 11.3 Å². The second-order valence-electron chi connectivity index (χ2n) is 7.94.